The molecule has 0 unspecified atom stereocenters. The Hall–Kier alpha value is -1.21. The highest BCUT2D eigenvalue weighted by molar-refractivity contribution is 7.90. The van der Waals surface area contributed by atoms with Gasteiger partial charge in [-0.05, 0) is 13.8 Å². The van der Waals surface area contributed by atoms with Crippen LogP contribution in [-0.4, -0.2) is 29.4 Å². The van der Waals surface area contributed by atoms with Gasteiger partial charge < -0.3 is 0 Å². The standard InChI is InChI=1S/C10H13N3O2S2/c1-7-10(16-8(2)12-7)6-13-5-9(4-11-13)17(3,14)15/h4-5H,6H2,1-3H3. The van der Waals surface area contributed by atoms with Crippen molar-refractivity contribution in [1.29, 1.82) is 0 Å². The van der Waals surface area contributed by atoms with Crippen molar-refractivity contribution in [2.24, 2.45) is 0 Å². The van der Waals surface area contributed by atoms with Crippen molar-refractivity contribution in [2.45, 2.75) is 25.3 Å². The van der Waals surface area contributed by atoms with Crippen LogP contribution in [0.3, 0.4) is 0 Å². The van der Waals surface area contributed by atoms with E-state index in [1.807, 2.05) is 13.8 Å². The van der Waals surface area contributed by atoms with Crippen molar-refractivity contribution in [3.63, 3.8) is 0 Å². The molecule has 0 fully saturated rings. The van der Waals surface area contributed by atoms with Crippen molar-refractivity contribution in [1.82, 2.24) is 14.8 Å². The summed E-state index contributed by atoms with van der Waals surface area (Å²) >= 11 is 1.60. The van der Waals surface area contributed by atoms with Gasteiger partial charge in [0.2, 0.25) is 0 Å². The van der Waals surface area contributed by atoms with E-state index >= 15 is 0 Å². The third-order valence-electron chi connectivity index (χ3n) is 2.34. The van der Waals surface area contributed by atoms with Crippen molar-refractivity contribution in [2.75, 3.05) is 6.26 Å². The maximum absolute atomic E-state index is 11.3. The molecule has 0 bridgehead atoms. The number of sulfone groups is 1. The van der Waals surface area contributed by atoms with Gasteiger partial charge in [-0.25, -0.2) is 13.4 Å². The molecule has 0 aromatic carbocycles. The molecule has 2 aromatic heterocycles. The molecule has 7 heteroatoms. The molecule has 2 rings (SSSR count). The fraction of sp³-hybridized carbons (Fsp3) is 0.400. The number of aromatic nitrogens is 3. The fourth-order valence-corrected chi connectivity index (χ4v) is 2.97. The van der Waals surface area contributed by atoms with Gasteiger partial charge in [0.05, 0.1) is 23.4 Å². The van der Waals surface area contributed by atoms with Gasteiger partial charge in [0.25, 0.3) is 0 Å². The third-order valence-corrected chi connectivity index (χ3v) is 4.47. The van der Waals surface area contributed by atoms with E-state index in [1.54, 1.807) is 22.2 Å². The highest BCUT2D eigenvalue weighted by atomic mass is 32.2. The van der Waals surface area contributed by atoms with Gasteiger partial charge in [0, 0.05) is 17.3 Å². The molecular formula is C10H13N3O2S2. The van der Waals surface area contributed by atoms with Gasteiger partial charge in [-0.15, -0.1) is 11.3 Å². The van der Waals surface area contributed by atoms with Crippen LogP contribution in [0, 0.1) is 13.8 Å². The molecule has 92 valence electrons. The first-order valence-corrected chi connectivity index (χ1v) is 7.72. The molecule has 0 amide bonds. The second-order valence-corrected chi connectivity index (χ2v) is 7.19. The molecule has 0 aliphatic heterocycles. The van der Waals surface area contributed by atoms with Crippen LogP contribution < -0.4 is 0 Å². The van der Waals surface area contributed by atoms with Crippen LogP contribution in [0.2, 0.25) is 0 Å². The van der Waals surface area contributed by atoms with Crippen LogP contribution in [0.25, 0.3) is 0 Å². The van der Waals surface area contributed by atoms with Crippen molar-refractivity contribution in [3.05, 3.63) is 28.0 Å². The first-order valence-electron chi connectivity index (χ1n) is 5.01. The molecule has 0 spiro atoms. The van der Waals surface area contributed by atoms with Crippen LogP contribution in [0.4, 0.5) is 0 Å². The number of rotatable bonds is 3. The van der Waals surface area contributed by atoms with Gasteiger partial charge in [-0.3, -0.25) is 4.68 Å². The molecule has 0 saturated carbocycles. The first kappa shape index (κ1) is 12.3. The molecule has 0 atom stereocenters. The molecule has 5 nitrogen and oxygen atoms in total. The van der Waals surface area contributed by atoms with Gasteiger partial charge in [-0.1, -0.05) is 0 Å². The van der Waals surface area contributed by atoms with E-state index in [0.29, 0.717) is 6.54 Å². The average molecular weight is 271 g/mol. The summed E-state index contributed by atoms with van der Waals surface area (Å²) in [7, 11) is -3.17. The minimum atomic E-state index is -3.17. The van der Waals surface area contributed by atoms with Crippen molar-refractivity contribution in [3.8, 4) is 0 Å². The average Bonchev–Trinajstić information content (AvgIpc) is 2.74. The zero-order chi connectivity index (χ0) is 12.6. The van der Waals surface area contributed by atoms with E-state index in [9.17, 15) is 8.42 Å². The summed E-state index contributed by atoms with van der Waals surface area (Å²) in [6.45, 7) is 4.46. The predicted octanol–water partition coefficient (Wildman–Crippen LogP) is 1.41. The molecule has 0 aliphatic rings. The topological polar surface area (TPSA) is 64.8 Å². The fourth-order valence-electron chi connectivity index (χ4n) is 1.49. The third kappa shape index (κ3) is 2.73. The molecule has 0 radical (unpaired) electrons. The number of hydrogen-bond acceptors (Lipinski definition) is 5. The number of hydrogen-bond donors (Lipinski definition) is 0. The minimum absolute atomic E-state index is 0.247. The molecule has 2 aromatic rings. The summed E-state index contributed by atoms with van der Waals surface area (Å²) in [6, 6.07) is 0. The molecule has 2 heterocycles. The van der Waals surface area contributed by atoms with E-state index < -0.39 is 9.84 Å². The van der Waals surface area contributed by atoms with Gasteiger partial charge >= 0.3 is 0 Å². The maximum Gasteiger partial charge on any atom is 0.178 e. The van der Waals surface area contributed by atoms with Crippen molar-refractivity contribution < 1.29 is 8.42 Å². The zero-order valence-corrected chi connectivity index (χ0v) is 11.5. The second kappa shape index (κ2) is 4.23. The highest BCUT2D eigenvalue weighted by Gasteiger charge is 2.11. The lowest BCUT2D eigenvalue weighted by Gasteiger charge is -1.98. The summed E-state index contributed by atoms with van der Waals surface area (Å²) < 4.78 is 24.2. The normalized spacial score (nSPS) is 11.9. The molecule has 0 N–H and O–H groups in total. The Bertz CT molecular complexity index is 640. The minimum Gasteiger partial charge on any atom is -0.266 e. The Morgan fingerprint density at radius 1 is 1.41 bits per heavy atom. The number of nitrogens with zero attached hydrogens (tertiary/aromatic N) is 3. The SMILES string of the molecule is Cc1nc(C)c(Cn2cc(S(C)(=O)=O)cn2)s1. The van der Waals surface area contributed by atoms with Crippen LogP contribution in [-0.2, 0) is 16.4 Å². The summed E-state index contributed by atoms with van der Waals surface area (Å²) in [4.78, 5) is 5.67. The summed E-state index contributed by atoms with van der Waals surface area (Å²) in [5.41, 5.74) is 0.976. The zero-order valence-electron chi connectivity index (χ0n) is 9.84. The van der Waals surface area contributed by atoms with Crippen LogP contribution >= 0.6 is 11.3 Å². The number of aryl methyl sites for hydroxylation is 2. The van der Waals surface area contributed by atoms with Crippen molar-refractivity contribution >= 4 is 21.2 Å². The van der Waals surface area contributed by atoms with E-state index in [1.165, 1.54) is 12.5 Å². The van der Waals surface area contributed by atoms with Crippen LogP contribution in [0.15, 0.2) is 17.3 Å². The lowest BCUT2D eigenvalue weighted by molar-refractivity contribution is 0.601. The Kier molecular flexibility index (Phi) is 3.05. The largest absolute Gasteiger partial charge is 0.266 e. The highest BCUT2D eigenvalue weighted by Crippen LogP contribution is 2.18. The maximum atomic E-state index is 11.3. The number of thiazole rings is 1. The van der Waals surface area contributed by atoms with Crippen LogP contribution in [0.1, 0.15) is 15.6 Å². The lowest BCUT2D eigenvalue weighted by atomic mass is 10.4. The Labute approximate surface area is 104 Å². The Morgan fingerprint density at radius 2 is 2.12 bits per heavy atom. The van der Waals surface area contributed by atoms with E-state index in [2.05, 4.69) is 10.1 Å². The van der Waals surface area contributed by atoms with E-state index in [0.717, 1.165) is 15.6 Å². The van der Waals surface area contributed by atoms with Gasteiger partial charge in [-0.2, -0.15) is 5.10 Å². The summed E-state index contributed by atoms with van der Waals surface area (Å²) in [6.07, 6.45) is 4.10. The molecule has 0 saturated heterocycles. The summed E-state index contributed by atoms with van der Waals surface area (Å²) in [5, 5.41) is 5.05. The van der Waals surface area contributed by atoms with E-state index in [4.69, 9.17) is 0 Å². The smallest absolute Gasteiger partial charge is 0.178 e. The monoisotopic (exact) mass is 271 g/mol. The van der Waals surface area contributed by atoms with Gasteiger partial charge in [0.1, 0.15) is 4.90 Å². The van der Waals surface area contributed by atoms with Crippen LogP contribution in [0.5, 0.6) is 0 Å². The second-order valence-electron chi connectivity index (χ2n) is 3.89. The molecule has 17 heavy (non-hydrogen) atoms. The Morgan fingerprint density at radius 3 is 2.59 bits per heavy atom. The van der Waals surface area contributed by atoms with Gasteiger partial charge in [0.15, 0.2) is 9.84 Å². The molecule has 0 aliphatic carbocycles. The summed E-state index contributed by atoms with van der Waals surface area (Å²) in [5.74, 6) is 0. The first-order chi connectivity index (χ1) is 7.86. The lowest BCUT2D eigenvalue weighted by Crippen LogP contribution is -2.00. The molecular weight excluding hydrogens is 258 g/mol. The predicted molar refractivity (Wildman–Crippen MR) is 66.0 cm³/mol. The Balaban J connectivity index is 2.26. The quantitative estimate of drug-likeness (QED) is 0.846. The van der Waals surface area contributed by atoms with E-state index in [-0.39, 0.29) is 4.90 Å².